The predicted octanol–water partition coefficient (Wildman–Crippen LogP) is 0.972. The topological polar surface area (TPSA) is 41.5 Å². The molecule has 0 fully saturated rings. The Morgan fingerprint density at radius 2 is 2.55 bits per heavy atom. The highest BCUT2D eigenvalue weighted by atomic mass is 32.1. The van der Waals surface area contributed by atoms with Gasteiger partial charge in [0, 0.05) is 5.56 Å². The first kappa shape index (κ1) is 6.54. The van der Waals surface area contributed by atoms with Crippen LogP contribution in [-0.2, 0) is 4.79 Å². The van der Waals surface area contributed by atoms with E-state index in [4.69, 9.17) is 0 Å². The molecule has 1 aliphatic heterocycles. The van der Waals surface area contributed by atoms with E-state index >= 15 is 0 Å². The van der Waals surface area contributed by atoms with Crippen LogP contribution in [0.3, 0.4) is 0 Å². The number of hydrogen-bond donors (Lipinski definition) is 1. The second kappa shape index (κ2) is 2.47. The van der Waals surface area contributed by atoms with Crippen molar-refractivity contribution in [3.8, 4) is 0 Å². The van der Waals surface area contributed by atoms with Crippen LogP contribution in [0.15, 0.2) is 21.9 Å². The summed E-state index contributed by atoms with van der Waals surface area (Å²) >= 11 is 1.61. The van der Waals surface area contributed by atoms with Crippen LogP contribution in [0.1, 0.15) is 12.0 Å². The minimum atomic E-state index is -0.0220. The average molecular weight is 166 g/mol. The van der Waals surface area contributed by atoms with E-state index in [1.54, 1.807) is 11.3 Å². The van der Waals surface area contributed by atoms with Gasteiger partial charge in [0.15, 0.2) is 0 Å². The SMILES string of the molecule is O=C1CC(c2ccsc2)=NN1. The highest BCUT2D eigenvalue weighted by molar-refractivity contribution is 7.08. The molecule has 0 spiro atoms. The molecule has 2 rings (SSSR count). The number of rotatable bonds is 1. The molecule has 1 aromatic rings. The quantitative estimate of drug-likeness (QED) is 0.663. The molecule has 0 aromatic carbocycles. The maximum atomic E-state index is 10.7. The maximum absolute atomic E-state index is 10.7. The van der Waals surface area contributed by atoms with Gasteiger partial charge in [-0.15, -0.1) is 0 Å². The fourth-order valence-electron chi connectivity index (χ4n) is 0.956. The van der Waals surface area contributed by atoms with Crippen LogP contribution >= 0.6 is 11.3 Å². The summed E-state index contributed by atoms with van der Waals surface area (Å²) in [5.41, 5.74) is 4.30. The van der Waals surface area contributed by atoms with Crippen LogP contribution in [0, 0.1) is 0 Å². The second-order valence-electron chi connectivity index (χ2n) is 2.28. The molecule has 1 N–H and O–H groups in total. The molecule has 0 radical (unpaired) electrons. The van der Waals surface area contributed by atoms with E-state index < -0.39 is 0 Å². The highest BCUT2D eigenvalue weighted by Crippen LogP contribution is 2.11. The summed E-state index contributed by atoms with van der Waals surface area (Å²) in [5, 5.41) is 7.84. The summed E-state index contributed by atoms with van der Waals surface area (Å²) in [7, 11) is 0. The van der Waals surface area contributed by atoms with Crippen molar-refractivity contribution < 1.29 is 4.79 Å². The first-order chi connectivity index (χ1) is 5.36. The fourth-order valence-corrected chi connectivity index (χ4v) is 1.62. The van der Waals surface area contributed by atoms with E-state index in [2.05, 4.69) is 10.5 Å². The Kier molecular flexibility index (Phi) is 1.47. The Morgan fingerprint density at radius 3 is 3.09 bits per heavy atom. The van der Waals surface area contributed by atoms with Gasteiger partial charge in [-0.25, -0.2) is 5.43 Å². The van der Waals surface area contributed by atoms with E-state index in [-0.39, 0.29) is 5.91 Å². The molecular weight excluding hydrogens is 160 g/mol. The third-order valence-electron chi connectivity index (χ3n) is 1.50. The van der Waals surface area contributed by atoms with Crippen molar-refractivity contribution in [1.82, 2.24) is 5.43 Å². The maximum Gasteiger partial charge on any atom is 0.246 e. The first-order valence-corrected chi connectivity index (χ1v) is 4.18. The van der Waals surface area contributed by atoms with Gasteiger partial charge in [-0.1, -0.05) is 0 Å². The Labute approximate surface area is 67.7 Å². The standard InChI is InChI=1S/C7H6N2OS/c10-7-3-6(8-9-7)5-1-2-11-4-5/h1-2,4H,3H2,(H,9,10). The molecule has 0 atom stereocenters. The summed E-state index contributed by atoms with van der Waals surface area (Å²) in [6, 6.07) is 1.96. The number of nitrogens with one attached hydrogen (secondary N) is 1. The van der Waals surface area contributed by atoms with Gasteiger partial charge in [0.2, 0.25) is 5.91 Å². The molecule has 1 aromatic heterocycles. The molecule has 56 valence electrons. The Morgan fingerprint density at radius 1 is 1.64 bits per heavy atom. The van der Waals surface area contributed by atoms with Crippen LogP contribution < -0.4 is 5.43 Å². The molecule has 0 saturated heterocycles. The molecule has 11 heavy (non-hydrogen) atoms. The number of carbonyl (C=O) groups excluding carboxylic acids is 1. The third kappa shape index (κ3) is 1.17. The molecular formula is C7H6N2OS. The number of amides is 1. The summed E-state index contributed by atoms with van der Waals surface area (Å²) in [6.45, 7) is 0. The zero-order valence-corrected chi connectivity index (χ0v) is 6.52. The lowest BCUT2D eigenvalue weighted by atomic mass is 10.1. The lowest BCUT2D eigenvalue weighted by molar-refractivity contribution is -0.119. The Balaban J connectivity index is 2.26. The van der Waals surface area contributed by atoms with Gasteiger partial charge in [0.05, 0.1) is 12.1 Å². The van der Waals surface area contributed by atoms with Gasteiger partial charge in [0.1, 0.15) is 0 Å². The Hall–Kier alpha value is -1.16. The van der Waals surface area contributed by atoms with Crippen molar-refractivity contribution >= 4 is 23.0 Å². The molecule has 0 saturated carbocycles. The average Bonchev–Trinajstić information content (AvgIpc) is 2.55. The van der Waals surface area contributed by atoms with E-state index in [1.807, 2.05) is 16.8 Å². The monoisotopic (exact) mass is 166 g/mol. The third-order valence-corrected chi connectivity index (χ3v) is 2.18. The van der Waals surface area contributed by atoms with Crippen molar-refractivity contribution in [2.45, 2.75) is 6.42 Å². The molecule has 0 aliphatic carbocycles. The number of thiophene rings is 1. The van der Waals surface area contributed by atoms with Crippen LogP contribution in [0.4, 0.5) is 0 Å². The Bertz CT molecular complexity index is 302. The number of carbonyl (C=O) groups is 1. The van der Waals surface area contributed by atoms with E-state index in [0.717, 1.165) is 11.3 Å². The zero-order chi connectivity index (χ0) is 7.68. The normalized spacial score (nSPS) is 16.4. The molecule has 4 heteroatoms. The molecule has 1 aliphatic rings. The van der Waals surface area contributed by atoms with Crippen molar-refractivity contribution in [2.75, 3.05) is 0 Å². The lowest BCUT2D eigenvalue weighted by Gasteiger charge is -1.88. The van der Waals surface area contributed by atoms with E-state index in [9.17, 15) is 4.79 Å². The lowest BCUT2D eigenvalue weighted by Crippen LogP contribution is -2.09. The minimum Gasteiger partial charge on any atom is -0.273 e. The van der Waals surface area contributed by atoms with Crippen LogP contribution in [0.5, 0.6) is 0 Å². The number of nitrogens with zero attached hydrogens (tertiary/aromatic N) is 1. The van der Waals surface area contributed by atoms with Crippen LogP contribution in [-0.4, -0.2) is 11.6 Å². The van der Waals surface area contributed by atoms with Gasteiger partial charge in [-0.2, -0.15) is 16.4 Å². The molecule has 3 nitrogen and oxygen atoms in total. The largest absolute Gasteiger partial charge is 0.273 e. The van der Waals surface area contributed by atoms with Crippen molar-refractivity contribution in [3.63, 3.8) is 0 Å². The smallest absolute Gasteiger partial charge is 0.246 e. The molecule has 0 bridgehead atoms. The molecule has 2 heterocycles. The van der Waals surface area contributed by atoms with Gasteiger partial charge < -0.3 is 0 Å². The van der Waals surface area contributed by atoms with E-state index in [1.165, 1.54) is 0 Å². The van der Waals surface area contributed by atoms with Gasteiger partial charge in [-0.3, -0.25) is 4.79 Å². The fraction of sp³-hybridized carbons (Fsp3) is 0.143. The highest BCUT2D eigenvalue weighted by Gasteiger charge is 2.15. The predicted molar refractivity (Wildman–Crippen MR) is 43.6 cm³/mol. The van der Waals surface area contributed by atoms with Crippen LogP contribution in [0.25, 0.3) is 0 Å². The zero-order valence-electron chi connectivity index (χ0n) is 5.70. The first-order valence-electron chi connectivity index (χ1n) is 3.24. The molecule has 1 amide bonds. The van der Waals surface area contributed by atoms with Gasteiger partial charge >= 0.3 is 0 Å². The van der Waals surface area contributed by atoms with Crippen molar-refractivity contribution in [1.29, 1.82) is 0 Å². The van der Waals surface area contributed by atoms with Crippen LogP contribution in [0.2, 0.25) is 0 Å². The minimum absolute atomic E-state index is 0.0220. The summed E-state index contributed by atoms with van der Waals surface area (Å²) in [4.78, 5) is 10.7. The number of hydrazone groups is 1. The summed E-state index contributed by atoms with van der Waals surface area (Å²) < 4.78 is 0. The van der Waals surface area contributed by atoms with E-state index in [0.29, 0.717) is 6.42 Å². The summed E-state index contributed by atoms with van der Waals surface area (Å²) in [6.07, 6.45) is 0.413. The van der Waals surface area contributed by atoms with Crippen molar-refractivity contribution in [3.05, 3.63) is 22.4 Å². The van der Waals surface area contributed by atoms with Gasteiger partial charge in [0.25, 0.3) is 0 Å². The second-order valence-corrected chi connectivity index (χ2v) is 3.06. The van der Waals surface area contributed by atoms with Gasteiger partial charge in [-0.05, 0) is 16.8 Å². The molecule has 0 unspecified atom stereocenters. The number of hydrogen-bond acceptors (Lipinski definition) is 3. The van der Waals surface area contributed by atoms with Crippen molar-refractivity contribution in [2.24, 2.45) is 5.10 Å². The summed E-state index contributed by atoms with van der Waals surface area (Å²) in [5.74, 6) is -0.0220.